The Balaban J connectivity index is 1.80. The third-order valence-electron chi connectivity index (χ3n) is 4.05. The van der Waals surface area contributed by atoms with Crippen LogP contribution >= 0.6 is 0 Å². The first-order valence-corrected chi connectivity index (χ1v) is 10.3. The molecule has 3 rings (SSSR count). The van der Waals surface area contributed by atoms with Crippen LogP contribution in [0.15, 0.2) is 53.9 Å². The molecule has 3 aromatic rings. The van der Waals surface area contributed by atoms with E-state index in [-0.39, 0.29) is 17.4 Å². The predicted molar refractivity (Wildman–Crippen MR) is 111 cm³/mol. The quantitative estimate of drug-likeness (QED) is 0.631. The summed E-state index contributed by atoms with van der Waals surface area (Å²) >= 11 is 0. The van der Waals surface area contributed by atoms with Gasteiger partial charge in [-0.15, -0.1) is 0 Å². The smallest absolute Gasteiger partial charge is 0.322 e. The molecule has 0 bridgehead atoms. The molecule has 0 saturated heterocycles. The number of para-hydroxylation sites is 1. The number of rotatable bonds is 6. The van der Waals surface area contributed by atoms with Crippen LogP contribution in [0.5, 0.6) is 11.8 Å². The van der Waals surface area contributed by atoms with Crippen molar-refractivity contribution >= 4 is 21.8 Å². The van der Waals surface area contributed by atoms with Gasteiger partial charge in [-0.2, -0.15) is 9.97 Å². The number of anilines is 1. The molecule has 0 fully saturated rings. The van der Waals surface area contributed by atoms with Crippen LogP contribution in [-0.2, 0) is 10.0 Å². The Hall–Kier alpha value is -3.26. The Labute approximate surface area is 169 Å². The van der Waals surface area contributed by atoms with Gasteiger partial charge in [0, 0.05) is 0 Å². The molecule has 8 heteroatoms. The lowest BCUT2D eigenvalue weighted by Gasteiger charge is -2.12. The molecule has 0 unspecified atom stereocenters. The average molecular weight is 413 g/mol. The Kier molecular flexibility index (Phi) is 5.93. The van der Waals surface area contributed by atoms with Crippen molar-refractivity contribution in [1.82, 2.24) is 9.97 Å². The summed E-state index contributed by atoms with van der Waals surface area (Å²) in [7, 11) is -3.78. The lowest BCUT2D eigenvalue weighted by molar-refractivity contribution is 0.409. The van der Waals surface area contributed by atoms with Crippen LogP contribution in [0.4, 0.5) is 10.1 Å². The first-order valence-electron chi connectivity index (χ1n) is 8.79. The Morgan fingerprint density at radius 1 is 0.966 bits per heavy atom. The molecule has 2 aromatic carbocycles. The van der Waals surface area contributed by atoms with E-state index < -0.39 is 15.8 Å². The third kappa shape index (κ3) is 5.39. The molecule has 0 aliphatic rings. The molecule has 1 aromatic heterocycles. The fraction of sp³-hybridized carbons (Fsp3) is 0.143. The zero-order valence-corrected chi connectivity index (χ0v) is 17.0. The summed E-state index contributed by atoms with van der Waals surface area (Å²) in [6.45, 7) is 5.19. The molecule has 0 radical (unpaired) electrons. The van der Waals surface area contributed by atoms with Crippen molar-refractivity contribution in [3.05, 3.63) is 82.3 Å². The highest BCUT2D eigenvalue weighted by Gasteiger charge is 2.15. The molecule has 1 N–H and O–H groups in total. The monoisotopic (exact) mass is 413 g/mol. The van der Waals surface area contributed by atoms with Crippen molar-refractivity contribution in [2.75, 3.05) is 4.72 Å². The van der Waals surface area contributed by atoms with Gasteiger partial charge in [-0.1, -0.05) is 42.0 Å². The molecule has 0 atom stereocenters. The average Bonchev–Trinajstić information content (AvgIpc) is 2.66. The number of halogens is 1. The van der Waals surface area contributed by atoms with Gasteiger partial charge in [0.05, 0.1) is 22.5 Å². The normalized spacial score (nSPS) is 11.6. The molecular weight excluding hydrogens is 393 g/mol. The minimum Gasteiger partial charge on any atom is -0.421 e. The van der Waals surface area contributed by atoms with Gasteiger partial charge in [0.1, 0.15) is 0 Å². The Morgan fingerprint density at radius 3 is 2.21 bits per heavy atom. The SMILES string of the molecule is Cc1ccc(/C=C/S(=O)(=O)Nc2c(C)nc(Oc3ccccc3F)nc2C)cc1. The molecule has 150 valence electrons. The lowest BCUT2D eigenvalue weighted by atomic mass is 10.2. The zero-order valence-electron chi connectivity index (χ0n) is 16.2. The Morgan fingerprint density at radius 2 is 1.59 bits per heavy atom. The van der Waals surface area contributed by atoms with Crippen molar-refractivity contribution in [1.29, 1.82) is 0 Å². The van der Waals surface area contributed by atoms with Gasteiger partial charge in [0.2, 0.25) is 0 Å². The summed E-state index contributed by atoms with van der Waals surface area (Å²) in [5, 5.41) is 1.08. The number of sulfonamides is 1. The van der Waals surface area contributed by atoms with Gasteiger partial charge in [-0.05, 0) is 44.5 Å². The standard InChI is InChI=1S/C21H20FN3O3S/c1-14-8-10-17(11-9-14)12-13-29(26,27)25-20-15(2)23-21(24-16(20)3)28-19-7-5-4-6-18(19)22/h4-13,25H,1-3H3/b13-12+. The molecule has 1 heterocycles. The van der Waals surface area contributed by atoms with E-state index in [4.69, 9.17) is 4.74 Å². The van der Waals surface area contributed by atoms with Gasteiger partial charge in [-0.3, -0.25) is 4.72 Å². The summed E-state index contributed by atoms with van der Waals surface area (Å²) in [4.78, 5) is 8.26. The van der Waals surface area contributed by atoms with E-state index in [1.165, 1.54) is 18.2 Å². The van der Waals surface area contributed by atoms with E-state index in [0.717, 1.165) is 16.5 Å². The second-order valence-corrected chi connectivity index (χ2v) is 8.01. The van der Waals surface area contributed by atoms with Crippen LogP contribution < -0.4 is 9.46 Å². The van der Waals surface area contributed by atoms with Crippen LogP contribution in [0.1, 0.15) is 22.5 Å². The summed E-state index contributed by atoms with van der Waals surface area (Å²) < 4.78 is 46.5. The zero-order chi connectivity index (χ0) is 21.0. The molecule has 0 amide bonds. The number of benzene rings is 2. The molecule has 0 spiro atoms. The fourth-order valence-electron chi connectivity index (χ4n) is 2.53. The fourth-order valence-corrected chi connectivity index (χ4v) is 3.51. The van der Waals surface area contributed by atoms with Crippen LogP contribution in [0.25, 0.3) is 6.08 Å². The van der Waals surface area contributed by atoms with E-state index >= 15 is 0 Å². The predicted octanol–water partition coefficient (Wildman–Crippen LogP) is 4.75. The largest absolute Gasteiger partial charge is 0.421 e. The topological polar surface area (TPSA) is 81.2 Å². The van der Waals surface area contributed by atoms with Gasteiger partial charge in [0.15, 0.2) is 11.6 Å². The van der Waals surface area contributed by atoms with Gasteiger partial charge in [0.25, 0.3) is 10.0 Å². The molecule has 29 heavy (non-hydrogen) atoms. The van der Waals surface area contributed by atoms with Crippen molar-refractivity contribution in [2.24, 2.45) is 0 Å². The molecular formula is C21H20FN3O3S. The first-order chi connectivity index (χ1) is 13.7. The summed E-state index contributed by atoms with van der Waals surface area (Å²) in [6, 6.07) is 13.3. The maximum atomic E-state index is 13.7. The maximum absolute atomic E-state index is 13.7. The van der Waals surface area contributed by atoms with E-state index in [1.54, 1.807) is 26.0 Å². The van der Waals surface area contributed by atoms with Crippen LogP contribution in [-0.4, -0.2) is 18.4 Å². The maximum Gasteiger partial charge on any atom is 0.322 e. The Bertz CT molecular complexity index is 1140. The van der Waals surface area contributed by atoms with Gasteiger partial charge >= 0.3 is 6.01 Å². The molecule has 0 saturated carbocycles. The summed E-state index contributed by atoms with van der Waals surface area (Å²) in [5.41, 5.74) is 2.82. The van der Waals surface area contributed by atoms with Crippen molar-refractivity contribution < 1.29 is 17.5 Å². The minimum atomic E-state index is -3.78. The summed E-state index contributed by atoms with van der Waals surface area (Å²) in [6.07, 6.45) is 1.50. The summed E-state index contributed by atoms with van der Waals surface area (Å²) in [5.74, 6) is -0.557. The van der Waals surface area contributed by atoms with Crippen LogP contribution in [0.2, 0.25) is 0 Å². The number of nitrogens with one attached hydrogen (secondary N) is 1. The van der Waals surface area contributed by atoms with Crippen molar-refractivity contribution in [3.63, 3.8) is 0 Å². The van der Waals surface area contributed by atoms with E-state index in [9.17, 15) is 12.8 Å². The molecule has 6 nitrogen and oxygen atoms in total. The van der Waals surface area contributed by atoms with E-state index in [1.807, 2.05) is 31.2 Å². The highest BCUT2D eigenvalue weighted by molar-refractivity contribution is 7.95. The number of aryl methyl sites for hydroxylation is 3. The molecule has 0 aliphatic heterocycles. The number of hydrogen-bond donors (Lipinski definition) is 1. The number of nitrogens with zero attached hydrogens (tertiary/aromatic N) is 2. The van der Waals surface area contributed by atoms with Crippen LogP contribution in [0.3, 0.4) is 0 Å². The van der Waals surface area contributed by atoms with Crippen LogP contribution in [0, 0.1) is 26.6 Å². The van der Waals surface area contributed by atoms with E-state index in [0.29, 0.717) is 11.4 Å². The van der Waals surface area contributed by atoms with E-state index in [2.05, 4.69) is 14.7 Å². The second-order valence-electron chi connectivity index (χ2n) is 6.44. The van der Waals surface area contributed by atoms with Gasteiger partial charge < -0.3 is 4.74 Å². The molecule has 0 aliphatic carbocycles. The number of aromatic nitrogens is 2. The lowest BCUT2D eigenvalue weighted by Crippen LogP contribution is -2.13. The third-order valence-corrected chi connectivity index (χ3v) is 5.03. The minimum absolute atomic E-state index is 0.0133. The highest BCUT2D eigenvalue weighted by Crippen LogP contribution is 2.25. The van der Waals surface area contributed by atoms with Crippen molar-refractivity contribution in [3.8, 4) is 11.8 Å². The first kappa shape index (κ1) is 20.5. The van der Waals surface area contributed by atoms with Gasteiger partial charge in [-0.25, -0.2) is 12.8 Å². The number of ether oxygens (including phenoxy) is 1. The second kappa shape index (κ2) is 8.40. The number of hydrogen-bond acceptors (Lipinski definition) is 5. The van der Waals surface area contributed by atoms with Crippen molar-refractivity contribution in [2.45, 2.75) is 20.8 Å². The highest BCUT2D eigenvalue weighted by atomic mass is 32.2.